The lowest BCUT2D eigenvalue weighted by Gasteiger charge is -2.23. The van der Waals surface area contributed by atoms with Crippen LogP contribution in [0.4, 0.5) is 8.63 Å². The van der Waals surface area contributed by atoms with Gasteiger partial charge in [0.1, 0.15) is 0 Å². The minimum absolute atomic E-state index is 0.142. The van der Waals surface area contributed by atoms with E-state index in [2.05, 4.69) is 50.2 Å². The van der Waals surface area contributed by atoms with Gasteiger partial charge in [-0.3, -0.25) is 0 Å². The van der Waals surface area contributed by atoms with Crippen molar-refractivity contribution in [1.29, 1.82) is 0 Å². The average Bonchev–Trinajstić information content (AvgIpc) is 2.80. The first kappa shape index (κ1) is 21.6. The topological polar surface area (TPSA) is 20.5 Å². The Bertz CT molecular complexity index is 1230. The number of hydrogen-bond acceptors (Lipinski definition) is 1. The summed E-state index contributed by atoms with van der Waals surface area (Å²) in [4.78, 5) is 0. The highest BCUT2D eigenvalue weighted by molar-refractivity contribution is 6.52. The zero-order valence-corrected chi connectivity index (χ0v) is 19.0. The summed E-state index contributed by atoms with van der Waals surface area (Å²) in [5.74, 6) is 0.686. The third-order valence-electron chi connectivity index (χ3n) is 6.50. The van der Waals surface area contributed by atoms with Crippen molar-refractivity contribution in [2.45, 2.75) is 45.4 Å². The van der Waals surface area contributed by atoms with E-state index in [1.54, 1.807) is 6.08 Å². The standard InChI is InChI=1S/C28H27BF2O2/c1-19(2)23-13-15-25(16-14-23)27-18-28(33-29(30,31)32-27)26-17-22-8-7-20-3-5-21(6-4-20)9-11-24(26)12-10-22/h3-6,10,12-19H,7-9,11H2,1-2H3. The van der Waals surface area contributed by atoms with Crippen LogP contribution in [0.25, 0.3) is 5.76 Å². The highest BCUT2D eigenvalue weighted by Crippen LogP contribution is 2.32. The van der Waals surface area contributed by atoms with Crippen LogP contribution in [0.15, 0.2) is 72.8 Å². The number of ketones is 1. The molecule has 0 radical (unpaired) electrons. The molecule has 4 bridgehead atoms. The molecule has 0 saturated heterocycles. The molecule has 3 aromatic carbocycles. The molecule has 5 aliphatic rings. The fraction of sp³-hybridized carbons (Fsp3) is 0.250. The maximum Gasteiger partial charge on any atom is 0.995 e. The Kier molecular flexibility index (Phi) is 5.65. The number of aryl methyl sites for hydroxylation is 4. The van der Waals surface area contributed by atoms with E-state index in [1.165, 1.54) is 11.1 Å². The van der Waals surface area contributed by atoms with Crippen LogP contribution >= 0.6 is 0 Å². The number of halogens is 2. The second-order valence-corrected chi connectivity index (χ2v) is 9.23. The van der Waals surface area contributed by atoms with Crippen molar-refractivity contribution in [2.24, 2.45) is 0 Å². The third-order valence-corrected chi connectivity index (χ3v) is 6.50. The van der Waals surface area contributed by atoms with Crippen LogP contribution in [0.5, 0.6) is 0 Å². The molecule has 0 unspecified atom stereocenters. The second-order valence-electron chi connectivity index (χ2n) is 9.23. The molecule has 0 N–H and O–H groups in total. The summed E-state index contributed by atoms with van der Waals surface area (Å²) in [7, 11) is -4.46. The molecule has 3 aromatic rings. The molecule has 0 amide bonds. The number of hydrogen-bond donors (Lipinski definition) is 0. The molecule has 8 rings (SSSR count). The minimum Gasteiger partial charge on any atom is -0.569 e. The molecule has 0 aromatic heterocycles. The molecule has 0 saturated carbocycles. The predicted molar refractivity (Wildman–Crippen MR) is 130 cm³/mol. The normalized spacial score (nSPS) is 17.1. The van der Waals surface area contributed by atoms with E-state index in [4.69, 9.17) is 9.00 Å². The van der Waals surface area contributed by atoms with Crippen LogP contribution in [0.3, 0.4) is 0 Å². The van der Waals surface area contributed by atoms with Crippen LogP contribution < -0.4 is 0 Å². The van der Waals surface area contributed by atoms with Crippen LogP contribution in [-0.4, -0.2) is 12.9 Å². The van der Waals surface area contributed by atoms with Gasteiger partial charge < -0.3 is 17.6 Å². The zero-order chi connectivity index (χ0) is 23.0. The summed E-state index contributed by atoms with van der Waals surface area (Å²) in [6.45, 7) is 4.20. The highest BCUT2D eigenvalue weighted by atomic mass is 19.3. The molecule has 33 heavy (non-hydrogen) atoms. The Morgan fingerprint density at radius 2 is 1.39 bits per heavy atom. The van der Waals surface area contributed by atoms with Crippen LogP contribution in [-0.2, 0) is 30.3 Å². The molecule has 5 heteroatoms. The van der Waals surface area contributed by atoms with Crippen molar-refractivity contribution in [3.63, 3.8) is 0 Å². The first-order valence-corrected chi connectivity index (χ1v) is 11.6. The molecule has 0 spiro atoms. The van der Waals surface area contributed by atoms with E-state index >= 15 is 0 Å². The van der Waals surface area contributed by atoms with Gasteiger partial charge >= 0.3 is 7.11 Å². The summed E-state index contributed by atoms with van der Waals surface area (Å²) in [5.41, 5.74) is 7.12. The molecule has 0 fully saturated rings. The molecule has 4 aliphatic carbocycles. The fourth-order valence-corrected chi connectivity index (χ4v) is 4.50. The van der Waals surface area contributed by atoms with E-state index in [0.717, 1.165) is 47.9 Å². The molecular weight excluding hydrogens is 417 g/mol. The molecule has 168 valence electrons. The largest absolute Gasteiger partial charge is 0.995 e. The quantitative estimate of drug-likeness (QED) is 0.319. The van der Waals surface area contributed by atoms with Crippen LogP contribution in [0.1, 0.15) is 63.1 Å². The maximum absolute atomic E-state index is 14.6. The van der Waals surface area contributed by atoms with Gasteiger partial charge in [0.05, 0.1) is 17.4 Å². The Balaban J connectivity index is 1.54. The van der Waals surface area contributed by atoms with Crippen molar-refractivity contribution in [1.82, 2.24) is 0 Å². The molecule has 0 atom stereocenters. The summed E-state index contributed by atoms with van der Waals surface area (Å²) in [6.07, 6.45) is 4.94. The van der Waals surface area contributed by atoms with Crippen molar-refractivity contribution in [3.8, 4) is 0 Å². The molecule has 1 heterocycles. The molecule has 1 aliphatic heterocycles. The van der Waals surface area contributed by atoms with E-state index in [-0.39, 0.29) is 11.5 Å². The second kappa shape index (κ2) is 8.62. The monoisotopic (exact) mass is 444 g/mol. The van der Waals surface area contributed by atoms with Gasteiger partial charge in [-0.05, 0) is 77.6 Å². The third kappa shape index (κ3) is 4.78. The smallest absolute Gasteiger partial charge is 0.569 e. The number of allylic oxidation sites excluding steroid dienone is 1. The van der Waals surface area contributed by atoms with Gasteiger partial charge in [0.25, 0.3) is 5.78 Å². The first-order chi connectivity index (χ1) is 15.9. The number of carbonyl (C=O) groups excluding carboxylic acids is 1. The van der Waals surface area contributed by atoms with E-state index < -0.39 is 7.11 Å². The average molecular weight is 444 g/mol. The Morgan fingerprint density at radius 3 is 2.06 bits per heavy atom. The predicted octanol–water partition coefficient (Wildman–Crippen LogP) is 6.86. The zero-order valence-electron chi connectivity index (χ0n) is 19.0. The van der Waals surface area contributed by atoms with Gasteiger partial charge in [0.15, 0.2) is 0 Å². The van der Waals surface area contributed by atoms with Crippen molar-refractivity contribution >= 4 is 18.6 Å². The lowest BCUT2D eigenvalue weighted by molar-refractivity contribution is -0.183. The van der Waals surface area contributed by atoms with Crippen LogP contribution in [0.2, 0.25) is 0 Å². The Morgan fingerprint density at radius 1 is 0.788 bits per heavy atom. The molecular formula is C28H27BF2O2. The summed E-state index contributed by atoms with van der Waals surface area (Å²) in [5, 5.41) is 0. The lowest BCUT2D eigenvalue weighted by Crippen LogP contribution is -2.31. The Hall–Kier alpha value is -3.21. The highest BCUT2D eigenvalue weighted by Gasteiger charge is 2.53. The van der Waals surface area contributed by atoms with E-state index in [1.807, 2.05) is 30.3 Å². The summed E-state index contributed by atoms with van der Waals surface area (Å²) in [6, 6.07) is 22.4. The van der Waals surface area contributed by atoms with Crippen LogP contribution in [0, 0.1) is 0 Å². The fourth-order valence-electron chi connectivity index (χ4n) is 4.50. The van der Waals surface area contributed by atoms with Crippen molar-refractivity contribution < 1.29 is 17.6 Å². The van der Waals surface area contributed by atoms with Gasteiger partial charge in [0.2, 0.25) is 0 Å². The van der Waals surface area contributed by atoms with Gasteiger partial charge in [-0.25, -0.2) is 0 Å². The van der Waals surface area contributed by atoms with Gasteiger partial charge in [0, 0.05) is 5.56 Å². The summed E-state index contributed by atoms with van der Waals surface area (Å²) < 4.78 is 39.4. The lowest BCUT2D eigenvalue weighted by atomic mass is 9.91. The summed E-state index contributed by atoms with van der Waals surface area (Å²) >= 11 is 0. The van der Waals surface area contributed by atoms with Crippen molar-refractivity contribution in [2.75, 3.05) is 0 Å². The Labute approximate surface area is 193 Å². The van der Waals surface area contributed by atoms with E-state index in [0.29, 0.717) is 11.5 Å². The number of benzene rings is 3. The van der Waals surface area contributed by atoms with Gasteiger partial charge in [-0.2, -0.15) is 0 Å². The van der Waals surface area contributed by atoms with Gasteiger partial charge in [-0.15, -0.1) is 0 Å². The van der Waals surface area contributed by atoms with Gasteiger partial charge in [-0.1, -0.05) is 62.4 Å². The van der Waals surface area contributed by atoms with Crippen molar-refractivity contribution in [3.05, 3.63) is 112 Å². The first-order valence-electron chi connectivity index (χ1n) is 11.6. The molecule has 2 nitrogen and oxygen atoms in total. The minimum atomic E-state index is -4.46. The number of rotatable bonds is 3. The SMILES string of the molecule is CC(C)c1ccc(C2=[O+][B-](F)(F)OC(c3cc4ccc3CCc3ccc(cc3)CC4)=C2)cc1. The van der Waals surface area contributed by atoms with E-state index in [9.17, 15) is 8.63 Å². The maximum atomic E-state index is 14.6.